The third-order valence-corrected chi connectivity index (χ3v) is 5.24. The summed E-state index contributed by atoms with van der Waals surface area (Å²) < 4.78 is 1.20. The van der Waals surface area contributed by atoms with Crippen LogP contribution in [0.15, 0.2) is 24.3 Å². The highest BCUT2D eigenvalue weighted by atomic mass is 127. The van der Waals surface area contributed by atoms with Crippen LogP contribution in [-0.2, 0) is 0 Å². The SMILES string of the molecule is C#CC[N+](CC1(I)C=CC=CC1)(C(C)C)C(C)C. The summed E-state index contributed by atoms with van der Waals surface area (Å²) in [6.45, 7) is 11.1. The Morgan fingerprint density at radius 3 is 2.28 bits per heavy atom. The normalized spacial score (nSPS) is 23.7. The number of rotatable bonds is 5. The Morgan fingerprint density at radius 2 is 1.89 bits per heavy atom. The minimum absolute atomic E-state index is 0.206. The summed E-state index contributed by atoms with van der Waals surface area (Å²) in [5.41, 5.74) is 0. The van der Waals surface area contributed by atoms with Crippen molar-refractivity contribution in [3.05, 3.63) is 24.3 Å². The molecule has 0 aromatic carbocycles. The number of terminal acetylenes is 1. The Morgan fingerprint density at radius 1 is 1.28 bits per heavy atom. The van der Waals surface area contributed by atoms with E-state index in [1.165, 1.54) is 0 Å². The number of hydrogen-bond donors (Lipinski definition) is 0. The van der Waals surface area contributed by atoms with Gasteiger partial charge in [-0.25, -0.2) is 0 Å². The maximum atomic E-state index is 5.64. The molecule has 100 valence electrons. The van der Waals surface area contributed by atoms with Gasteiger partial charge < -0.3 is 4.48 Å². The average molecular weight is 358 g/mol. The lowest BCUT2D eigenvalue weighted by molar-refractivity contribution is -0.961. The maximum Gasteiger partial charge on any atom is 0.141 e. The first kappa shape index (κ1) is 15.8. The molecule has 18 heavy (non-hydrogen) atoms. The Bertz CT molecular complexity index is 365. The van der Waals surface area contributed by atoms with Crippen LogP contribution in [0.5, 0.6) is 0 Å². The molecule has 2 heteroatoms. The highest BCUT2D eigenvalue weighted by Gasteiger charge is 2.41. The zero-order valence-corrected chi connectivity index (χ0v) is 14.1. The zero-order valence-electron chi connectivity index (χ0n) is 12.0. The molecule has 0 aromatic heterocycles. The number of allylic oxidation sites excluding steroid dienone is 3. The Hall–Kier alpha value is -0.270. The van der Waals surface area contributed by atoms with Crippen molar-refractivity contribution in [1.82, 2.24) is 0 Å². The summed E-state index contributed by atoms with van der Waals surface area (Å²) in [5.74, 6) is 2.90. The first-order valence-corrected chi connectivity index (χ1v) is 7.77. The first-order valence-electron chi connectivity index (χ1n) is 6.69. The van der Waals surface area contributed by atoms with Gasteiger partial charge in [0.1, 0.15) is 6.54 Å². The molecule has 0 saturated carbocycles. The van der Waals surface area contributed by atoms with Crippen molar-refractivity contribution >= 4 is 22.6 Å². The molecule has 0 saturated heterocycles. The van der Waals surface area contributed by atoms with Gasteiger partial charge in [-0.2, -0.15) is 0 Å². The Balaban J connectivity index is 3.01. The third-order valence-electron chi connectivity index (χ3n) is 4.10. The van der Waals surface area contributed by atoms with Gasteiger partial charge in [0.25, 0.3) is 0 Å². The van der Waals surface area contributed by atoms with Crippen LogP contribution >= 0.6 is 22.6 Å². The highest BCUT2D eigenvalue weighted by molar-refractivity contribution is 14.1. The van der Waals surface area contributed by atoms with Gasteiger partial charge >= 0.3 is 0 Å². The number of alkyl halides is 1. The van der Waals surface area contributed by atoms with Gasteiger partial charge in [0, 0.05) is 0 Å². The van der Waals surface area contributed by atoms with Crippen molar-refractivity contribution in [2.24, 2.45) is 0 Å². The molecule has 1 atom stereocenters. The van der Waals surface area contributed by atoms with E-state index in [2.05, 4.69) is 80.5 Å². The van der Waals surface area contributed by atoms with E-state index in [-0.39, 0.29) is 3.42 Å². The van der Waals surface area contributed by atoms with Crippen molar-refractivity contribution < 1.29 is 4.48 Å². The zero-order chi connectivity index (χ0) is 13.8. The minimum Gasteiger partial charge on any atom is -0.308 e. The van der Waals surface area contributed by atoms with Crippen LogP contribution in [0.4, 0.5) is 0 Å². The van der Waals surface area contributed by atoms with Crippen LogP contribution in [-0.4, -0.2) is 33.1 Å². The summed E-state index contributed by atoms with van der Waals surface area (Å²) in [5, 5.41) is 0. The lowest BCUT2D eigenvalue weighted by atomic mass is 9.96. The standard InChI is InChI=1S/C16H25IN/c1-6-12-18(14(2)3,15(4)5)13-16(17)10-8-7-9-11-16/h1,7-10,14-15H,11-13H2,2-5H3/q+1. The molecule has 0 heterocycles. The molecule has 0 fully saturated rings. The van der Waals surface area contributed by atoms with E-state index >= 15 is 0 Å². The molecule has 0 spiro atoms. The van der Waals surface area contributed by atoms with Gasteiger partial charge in [0.15, 0.2) is 0 Å². The topological polar surface area (TPSA) is 0 Å². The molecule has 0 bridgehead atoms. The fraction of sp³-hybridized carbons (Fsp3) is 0.625. The van der Waals surface area contributed by atoms with Crippen molar-refractivity contribution in [3.63, 3.8) is 0 Å². The summed E-state index contributed by atoms with van der Waals surface area (Å²) in [4.78, 5) is 0. The summed E-state index contributed by atoms with van der Waals surface area (Å²) in [7, 11) is 0. The second kappa shape index (κ2) is 6.25. The fourth-order valence-corrected chi connectivity index (χ4v) is 3.89. The second-order valence-corrected chi connectivity index (χ2v) is 7.99. The molecule has 0 N–H and O–H groups in total. The van der Waals surface area contributed by atoms with Crippen molar-refractivity contribution in [2.75, 3.05) is 13.1 Å². The van der Waals surface area contributed by atoms with Crippen LogP contribution in [0.3, 0.4) is 0 Å². The molecule has 1 aliphatic carbocycles. The van der Waals surface area contributed by atoms with Gasteiger partial charge in [-0.05, 0) is 40.0 Å². The highest BCUT2D eigenvalue weighted by Crippen LogP contribution is 2.34. The van der Waals surface area contributed by atoms with Crippen LogP contribution in [0.1, 0.15) is 34.1 Å². The molecule has 0 aliphatic heterocycles. The smallest absolute Gasteiger partial charge is 0.141 e. The van der Waals surface area contributed by atoms with Gasteiger partial charge in [-0.3, -0.25) is 0 Å². The fourth-order valence-electron chi connectivity index (χ4n) is 2.80. The van der Waals surface area contributed by atoms with Crippen LogP contribution in [0.2, 0.25) is 0 Å². The molecule has 1 unspecified atom stereocenters. The van der Waals surface area contributed by atoms with Crippen LogP contribution in [0.25, 0.3) is 0 Å². The van der Waals surface area contributed by atoms with Crippen LogP contribution in [0, 0.1) is 12.3 Å². The first-order chi connectivity index (χ1) is 8.36. The summed E-state index contributed by atoms with van der Waals surface area (Å²) >= 11 is 2.60. The van der Waals surface area contributed by atoms with Crippen LogP contribution < -0.4 is 0 Å². The largest absolute Gasteiger partial charge is 0.308 e. The summed E-state index contributed by atoms with van der Waals surface area (Å²) in [6, 6.07) is 1.10. The van der Waals surface area contributed by atoms with Gasteiger partial charge in [-0.15, -0.1) is 6.42 Å². The van der Waals surface area contributed by atoms with E-state index in [0.717, 1.165) is 24.0 Å². The van der Waals surface area contributed by atoms with E-state index in [9.17, 15) is 0 Å². The predicted octanol–water partition coefficient (Wildman–Crippen LogP) is 3.94. The second-order valence-electron chi connectivity index (χ2n) is 5.84. The van der Waals surface area contributed by atoms with E-state index in [1.54, 1.807) is 0 Å². The quantitative estimate of drug-likeness (QED) is 0.302. The number of hydrogen-bond acceptors (Lipinski definition) is 0. The molecule has 1 aliphatic rings. The number of nitrogens with zero attached hydrogens (tertiary/aromatic N) is 1. The third kappa shape index (κ3) is 3.39. The lowest BCUT2D eigenvalue weighted by Crippen LogP contribution is -2.62. The van der Waals surface area contributed by atoms with Gasteiger partial charge in [0.05, 0.1) is 22.1 Å². The van der Waals surface area contributed by atoms with Crippen molar-refractivity contribution in [3.8, 4) is 12.3 Å². The maximum absolute atomic E-state index is 5.64. The summed E-state index contributed by atoms with van der Waals surface area (Å²) in [6.07, 6.45) is 15.6. The van der Waals surface area contributed by atoms with Gasteiger partial charge in [0.2, 0.25) is 0 Å². The molecule has 1 rings (SSSR count). The molecule has 0 aromatic rings. The van der Waals surface area contributed by atoms with Crippen molar-refractivity contribution in [2.45, 2.75) is 49.6 Å². The Labute approximate surface area is 126 Å². The van der Waals surface area contributed by atoms with E-state index < -0.39 is 0 Å². The monoisotopic (exact) mass is 358 g/mol. The molecule has 1 nitrogen and oxygen atoms in total. The minimum atomic E-state index is 0.206. The van der Waals surface area contributed by atoms with E-state index in [0.29, 0.717) is 12.1 Å². The molecular formula is C16H25IN+. The molecule has 0 amide bonds. The average Bonchev–Trinajstić information content (AvgIpc) is 2.28. The lowest BCUT2D eigenvalue weighted by Gasteiger charge is -2.48. The van der Waals surface area contributed by atoms with Crippen molar-refractivity contribution in [1.29, 1.82) is 0 Å². The molecule has 0 radical (unpaired) electrons. The molecular weight excluding hydrogens is 333 g/mol. The predicted molar refractivity (Wildman–Crippen MR) is 88.7 cm³/mol. The van der Waals surface area contributed by atoms with E-state index in [4.69, 9.17) is 6.42 Å². The van der Waals surface area contributed by atoms with E-state index in [1.807, 2.05) is 0 Å². The van der Waals surface area contributed by atoms with Gasteiger partial charge in [-0.1, -0.05) is 46.9 Å². The Kier molecular flexibility index (Phi) is 5.48. The number of quaternary nitrogens is 1. The number of halogens is 1.